The lowest BCUT2D eigenvalue weighted by Crippen LogP contribution is -2.39. The number of amides is 1. The molecular formula is C17H28N4O2. The van der Waals surface area contributed by atoms with E-state index in [1.165, 1.54) is 0 Å². The van der Waals surface area contributed by atoms with E-state index in [0.29, 0.717) is 25.5 Å². The van der Waals surface area contributed by atoms with Crippen molar-refractivity contribution < 1.29 is 9.53 Å². The van der Waals surface area contributed by atoms with Crippen LogP contribution in [0.15, 0.2) is 29.3 Å². The lowest BCUT2D eigenvalue weighted by molar-refractivity contribution is -0.120. The topological polar surface area (TPSA) is 74.8 Å². The Morgan fingerprint density at radius 3 is 2.43 bits per heavy atom. The number of nitrogens with one attached hydrogen (secondary N) is 3. The van der Waals surface area contributed by atoms with Gasteiger partial charge in [0, 0.05) is 26.1 Å². The first-order valence-corrected chi connectivity index (χ1v) is 8.11. The average Bonchev–Trinajstić information content (AvgIpc) is 2.58. The van der Waals surface area contributed by atoms with Crippen LogP contribution in [0, 0.1) is 0 Å². The van der Waals surface area contributed by atoms with Crippen molar-refractivity contribution in [2.24, 2.45) is 4.99 Å². The van der Waals surface area contributed by atoms with Gasteiger partial charge in [-0.1, -0.05) is 19.1 Å². The molecule has 0 aliphatic heterocycles. The molecule has 0 heterocycles. The van der Waals surface area contributed by atoms with Gasteiger partial charge in [-0.3, -0.25) is 4.79 Å². The van der Waals surface area contributed by atoms with Crippen molar-refractivity contribution in [2.45, 2.75) is 33.2 Å². The molecule has 0 bridgehead atoms. The fourth-order valence-corrected chi connectivity index (χ4v) is 1.89. The third-order valence-electron chi connectivity index (χ3n) is 3.14. The first-order valence-electron chi connectivity index (χ1n) is 8.11. The molecule has 1 aromatic rings. The largest absolute Gasteiger partial charge is 0.497 e. The molecule has 0 radical (unpaired) electrons. The summed E-state index contributed by atoms with van der Waals surface area (Å²) >= 11 is 0. The predicted octanol–water partition coefficient (Wildman–Crippen LogP) is 1.67. The molecule has 0 spiro atoms. The molecule has 3 N–H and O–H groups in total. The van der Waals surface area contributed by atoms with Gasteiger partial charge >= 0.3 is 0 Å². The van der Waals surface area contributed by atoms with Crippen LogP contribution in [-0.2, 0) is 11.3 Å². The molecule has 0 saturated heterocycles. The van der Waals surface area contributed by atoms with Crippen LogP contribution < -0.4 is 20.7 Å². The highest BCUT2D eigenvalue weighted by atomic mass is 16.5. The smallest absolute Gasteiger partial charge is 0.221 e. The van der Waals surface area contributed by atoms with E-state index in [1.54, 1.807) is 7.11 Å². The Balaban J connectivity index is 2.44. The van der Waals surface area contributed by atoms with Gasteiger partial charge in [0.25, 0.3) is 0 Å². The number of rotatable bonds is 9. The number of ether oxygens (including phenoxy) is 1. The van der Waals surface area contributed by atoms with Crippen molar-refractivity contribution in [1.29, 1.82) is 0 Å². The summed E-state index contributed by atoms with van der Waals surface area (Å²) in [6, 6.07) is 7.82. The Bertz CT molecular complexity index is 486. The number of carbonyl (C=O) groups excluding carboxylic acids is 1. The Morgan fingerprint density at radius 2 is 1.83 bits per heavy atom. The summed E-state index contributed by atoms with van der Waals surface area (Å²) in [4.78, 5) is 16.1. The monoisotopic (exact) mass is 320 g/mol. The molecule has 0 saturated carbocycles. The van der Waals surface area contributed by atoms with Crippen LogP contribution in [0.1, 0.15) is 32.3 Å². The molecule has 0 aliphatic rings. The van der Waals surface area contributed by atoms with Crippen molar-refractivity contribution in [3.05, 3.63) is 29.8 Å². The van der Waals surface area contributed by atoms with Gasteiger partial charge in [0.1, 0.15) is 5.75 Å². The Kier molecular flexibility index (Phi) is 9.28. The number of hydrogen-bond donors (Lipinski definition) is 3. The van der Waals surface area contributed by atoms with Gasteiger partial charge in [-0.25, -0.2) is 4.99 Å². The first-order chi connectivity index (χ1) is 11.2. The molecule has 0 fully saturated rings. The zero-order valence-electron chi connectivity index (χ0n) is 14.3. The van der Waals surface area contributed by atoms with E-state index in [9.17, 15) is 4.79 Å². The Morgan fingerprint density at radius 1 is 1.09 bits per heavy atom. The molecule has 6 heteroatoms. The number of aliphatic imine (C=N–C) groups is 1. The van der Waals surface area contributed by atoms with E-state index >= 15 is 0 Å². The van der Waals surface area contributed by atoms with Gasteiger partial charge in [0.15, 0.2) is 5.96 Å². The fraction of sp³-hybridized carbons (Fsp3) is 0.529. The zero-order valence-corrected chi connectivity index (χ0v) is 14.3. The second-order valence-electron chi connectivity index (χ2n) is 5.07. The number of methoxy groups -OCH3 is 1. The molecular weight excluding hydrogens is 292 g/mol. The zero-order chi connectivity index (χ0) is 16.9. The SMILES string of the molecule is CCCNC(=O)CCNC(=NCc1ccc(OC)cc1)NCC. The van der Waals surface area contributed by atoms with Gasteiger partial charge < -0.3 is 20.7 Å². The summed E-state index contributed by atoms with van der Waals surface area (Å²) in [6.07, 6.45) is 1.39. The third kappa shape index (κ3) is 8.09. The van der Waals surface area contributed by atoms with Crippen molar-refractivity contribution in [3.8, 4) is 5.75 Å². The third-order valence-corrected chi connectivity index (χ3v) is 3.14. The van der Waals surface area contributed by atoms with Gasteiger partial charge in [-0.2, -0.15) is 0 Å². The minimum Gasteiger partial charge on any atom is -0.497 e. The lowest BCUT2D eigenvalue weighted by atomic mass is 10.2. The Labute approximate surface area is 138 Å². The number of nitrogens with zero attached hydrogens (tertiary/aromatic N) is 1. The van der Waals surface area contributed by atoms with Crippen LogP contribution in [0.5, 0.6) is 5.75 Å². The predicted molar refractivity (Wildman–Crippen MR) is 93.7 cm³/mol. The summed E-state index contributed by atoms with van der Waals surface area (Å²) in [5.41, 5.74) is 1.10. The molecule has 0 unspecified atom stereocenters. The first kappa shape index (κ1) is 18.8. The maximum absolute atomic E-state index is 11.6. The minimum atomic E-state index is 0.0605. The second kappa shape index (κ2) is 11.3. The number of hydrogen-bond acceptors (Lipinski definition) is 3. The highest BCUT2D eigenvalue weighted by Crippen LogP contribution is 2.11. The van der Waals surface area contributed by atoms with Crippen LogP contribution in [0.25, 0.3) is 0 Å². The molecule has 0 aromatic heterocycles. The molecule has 0 aliphatic carbocycles. The van der Waals surface area contributed by atoms with Gasteiger partial charge in [-0.05, 0) is 31.0 Å². The van der Waals surface area contributed by atoms with Crippen molar-refractivity contribution in [1.82, 2.24) is 16.0 Å². The molecule has 1 rings (SSSR count). The van der Waals surface area contributed by atoms with E-state index in [2.05, 4.69) is 20.9 Å². The van der Waals surface area contributed by atoms with Crippen molar-refractivity contribution in [3.63, 3.8) is 0 Å². The molecule has 23 heavy (non-hydrogen) atoms. The fourth-order valence-electron chi connectivity index (χ4n) is 1.89. The standard InChI is InChI=1S/C17H28N4O2/c1-4-11-19-16(22)10-12-20-17(18-5-2)21-13-14-6-8-15(23-3)9-7-14/h6-9H,4-5,10-13H2,1-3H3,(H,19,22)(H2,18,20,21). The summed E-state index contributed by atoms with van der Waals surface area (Å²) in [6.45, 7) is 6.68. The number of benzene rings is 1. The van der Waals surface area contributed by atoms with Crippen LogP contribution in [0.2, 0.25) is 0 Å². The molecule has 128 valence electrons. The summed E-state index contributed by atoms with van der Waals surface area (Å²) in [7, 11) is 1.65. The van der Waals surface area contributed by atoms with Crippen LogP contribution in [0.3, 0.4) is 0 Å². The van der Waals surface area contributed by atoms with E-state index in [-0.39, 0.29) is 5.91 Å². The maximum Gasteiger partial charge on any atom is 0.221 e. The summed E-state index contributed by atoms with van der Waals surface area (Å²) in [5, 5.41) is 9.20. The normalized spacial score (nSPS) is 11.0. The maximum atomic E-state index is 11.6. The molecule has 0 atom stereocenters. The van der Waals surface area contributed by atoms with Gasteiger partial charge in [0.05, 0.1) is 13.7 Å². The quantitative estimate of drug-likeness (QED) is 0.478. The van der Waals surface area contributed by atoms with E-state index in [1.807, 2.05) is 38.1 Å². The summed E-state index contributed by atoms with van der Waals surface area (Å²) < 4.78 is 5.14. The number of guanidine groups is 1. The van der Waals surface area contributed by atoms with Gasteiger partial charge in [-0.15, -0.1) is 0 Å². The van der Waals surface area contributed by atoms with E-state index < -0.39 is 0 Å². The molecule has 6 nitrogen and oxygen atoms in total. The van der Waals surface area contributed by atoms with Crippen LogP contribution >= 0.6 is 0 Å². The average molecular weight is 320 g/mol. The highest BCUT2D eigenvalue weighted by Gasteiger charge is 2.02. The number of carbonyl (C=O) groups is 1. The van der Waals surface area contributed by atoms with E-state index in [4.69, 9.17) is 4.74 Å². The second-order valence-corrected chi connectivity index (χ2v) is 5.07. The van der Waals surface area contributed by atoms with Crippen molar-refractivity contribution in [2.75, 3.05) is 26.7 Å². The van der Waals surface area contributed by atoms with Crippen molar-refractivity contribution >= 4 is 11.9 Å². The lowest BCUT2D eigenvalue weighted by Gasteiger charge is -2.11. The minimum absolute atomic E-state index is 0.0605. The Hall–Kier alpha value is -2.24. The van der Waals surface area contributed by atoms with Crippen LogP contribution in [0.4, 0.5) is 0 Å². The summed E-state index contributed by atoms with van der Waals surface area (Å²) in [5.74, 6) is 1.61. The molecule has 1 aromatic carbocycles. The van der Waals surface area contributed by atoms with Crippen LogP contribution in [-0.4, -0.2) is 38.6 Å². The molecule has 1 amide bonds. The van der Waals surface area contributed by atoms with Gasteiger partial charge in [0.2, 0.25) is 5.91 Å². The highest BCUT2D eigenvalue weighted by molar-refractivity contribution is 5.81. The van der Waals surface area contributed by atoms with E-state index in [0.717, 1.165) is 30.8 Å².